The number of ether oxygens (including phenoxy) is 2. The van der Waals surface area contributed by atoms with Gasteiger partial charge in [-0.1, -0.05) is 23.8 Å². The van der Waals surface area contributed by atoms with Crippen molar-refractivity contribution >= 4 is 17.7 Å². The summed E-state index contributed by atoms with van der Waals surface area (Å²) in [4.78, 5) is 14.8. The Bertz CT molecular complexity index is 744. The summed E-state index contributed by atoms with van der Waals surface area (Å²) >= 11 is 1.78. The topological polar surface area (TPSA) is 38.8 Å². The molecule has 2 aliphatic heterocycles. The molecule has 4 nitrogen and oxygen atoms in total. The molecule has 2 heterocycles. The van der Waals surface area contributed by atoms with Gasteiger partial charge in [0.1, 0.15) is 5.37 Å². The molecule has 1 saturated heterocycles. The quantitative estimate of drug-likeness (QED) is 0.844. The molecule has 1 atom stereocenters. The Hall–Kier alpha value is -2.14. The van der Waals surface area contributed by atoms with E-state index in [1.54, 1.807) is 11.8 Å². The second-order valence-electron chi connectivity index (χ2n) is 5.70. The van der Waals surface area contributed by atoms with Gasteiger partial charge in [-0.05, 0) is 36.8 Å². The maximum atomic E-state index is 12.8. The van der Waals surface area contributed by atoms with Crippen LogP contribution in [0.25, 0.3) is 0 Å². The van der Waals surface area contributed by atoms with Crippen LogP contribution in [0, 0.1) is 6.92 Å². The zero-order chi connectivity index (χ0) is 15.8. The van der Waals surface area contributed by atoms with Gasteiger partial charge >= 0.3 is 0 Å². The van der Waals surface area contributed by atoms with Gasteiger partial charge in [0.2, 0.25) is 6.79 Å². The Balaban J connectivity index is 1.61. The minimum atomic E-state index is 0.0262. The second kappa shape index (κ2) is 5.81. The molecule has 0 aromatic heterocycles. The maximum Gasteiger partial charge on any atom is 0.255 e. The number of aryl methyl sites for hydroxylation is 1. The second-order valence-corrected chi connectivity index (χ2v) is 6.89. The van der Waals surface area contributed by atoms with Gasteiger partial charge in [-0.3, -0.25) is 4.79 Å². The van der Waals surface area contributed by atoms with Crippen molar-refractivity contribution < 1.29 is 14.3 Å². The van der Waals surface area contributed by atoms with Crippen LogP contribution in [0.5, 0.6) is 11.5 Å². The van der Waals surface area contributed by atoms with Crippen molar-refractivity contribution in [3.05, 3.63) is 59.2 Å². The van der Waals surface area contributed by atoms with Crippen LogP contribution in [0.15, 0.2) is 42.5 Å². The first-order valence-corrected chi connectivity index (χ1v) is 8.66. The van der Waals surface area contributed by atoms with Gasteiger partial charge in [-0.2, -0.15) is 0 Å². The van der Waals surface area contributed by atoms with Gasteiger partial charge in [0.05, 0.1) is 0 Å². The van der Waals surface area contributed by atoms with Crippen LogP contribution in [0.3, 0.4) is 0 Å². The minimum absolute atomic E-state index is 0.0262. The molecule has 0 aliphatic carbocycles. The van der Waals surface area contributed by atoms with E-state index in [1.807, 2.05) is 54.3 Å². The summed E-state index contributed by atoms with van der Waals surface area (Å²) in [6, 6.07) is 13.7. The molecule has 118 valence electrons. The molecule has 23 heavy (non-hydrogen) atoms. The Kier molecular flexibility index (Phi) is 3.65. The van der Waals surface area contributed by atoms with E-state index in [1.165, 1.54) is 0 Å². The summed E-state index contributed by atoms with van der Waals surface area (Å²) < 4.78 is 10.8. The lowest BCUT2D eigenvalue weighted by Gasteiger charge is -2.24. The smallest absolute Gasteiger partial charge is 0.255 e. The van der Waals surface area contributed by atoms with Crippen LogP contribution in [0.2, 0.25) is 0 Å². The number of benzene rings is 2. The molecule has 0 spiro atoms. The van der Waals surface area contributed by atoms with E-state index < -0.39 is 0 Å². The standard InChI is InChI=1S/C18H17NO3S/c1-12-2-4-13(5-3-12)17(20)19-8-9-23-18(19)14-6-7-15-16(10-14)22-11-21-15/h2-7,10,18H,8-9,11H2,1H3. The molecule has 0 saturated carbocycles. The fraction of sp³-hybridized carbons (Fsp3) is 0.278. The van der Waals surface area contributed by atoms with E-state index in [0.29, 0.717) is 0 Å². The van der Waals surface area contributed by atoms with Crippen molar-refractivity contribution in [3.8, 4) is 11.5 Å². The Morgan fingerprint density at radius 1 is 1.13 bits per heavy atom. The zero-order valence-electron chi connectivity index (χ0n) is 12.8. The van der Waals surface area contributed by atoms with E-state index in [9.17, 15) is 4.79 Å². The molecule has 0 bridgehead atoms. The van der Waals surface area contributed by atoms with Gasteiger partial charge < -0.3 is 14.4 Å². The third kappa shape index (κ3) is 2.65. The lowest BCUT2D eigenvalue weighted by molar-refractivity contribution is 0.0760. The van der Waals surface area contributed by atoms with Crippen molar-refractivity contribution in [2.75, 3.05) is 19.1 Å². The molecule has 2 aliphatic rings. The lowest BCUT2D eigenvalue weighted by Crippen LogP contribution is -2.30. The van der Waals surface area contributed by atoms with Crippen molar-refractivity contribution in [3.63, 3.8) is 0 Å². The SMILES string of the molecule is Cc1ccc(C(=O)N2CCSC2c2ccc3c(c2)OCO3)cc1. The largest absolute Gasteiger partial charge is 0.454 e. The molecule has 1 fully saturated rings. The van der Waals surface area contributed by atoms with Crippen LogP contribution in [-0.4, -0.2) is 29.9 Å². The van der Waals surface area contributed by atoms with E-state index in [2.05, 4.69) is 0 Å². The van der Waals surface area contributed by atoms with E-state index in [4.69, 9.17) is 9.47 Å². The first-order valence-electron chi connectivity index (χ1n) is 7.61. The van der Waals surface area contributed by atoms with E-state index in [0.717, 1.165) is 40.5 Å². The first-order chi connectivity index (χ1) is 11.2. The molecule has 0 radical (unpaired) electrons. The number of hydrogen-bond donors (Lipinski definition) is 0. The molecule has 0 N–H and O–H groups in total. The number of hydrogen-bond acceptors (Lipinski definition) is 4. The fourth-order valence-corrected chi connectivity index (χ4v) is 4.13. The Labute approximate surface area is 139 Å². The number of carbonyl (C=O) groups excluding carboxylic acids is 1. The lowest BCUT2D eigenvalue weighted by atomic mass is 10.1. The van der Waals surface area contributed by atoms with E-state index >= 15 is 0 Å². The highest BCUT2D eigenvalue weighted by Crippen LogP contribution is 2.42. The number of carbonyl (C=O) groups is 1. The van der Waals surface area contributed by atoms with Crippen LogP contribution >= 0.6 is 11.8 Å². The highest BCUT2D eigenvalue weighted by atomic mass is 32.2. The highest BCUT2D eigenvalue weighted by molar-refractivity contribution is 7.99. The molecular formula is C18H17NO3S. The molecule has 2 aromatic carbocycles. The predicted octanol–water partition coefficient (Wildman–Crippen LogP) is 3.61. The normalized spacial score (nSPS) is 19.2. The van der Waals surface area contributed by atoms with Gasteiger partial charge in [0.15, 0.2) is 11.5 Å². The van der Waals surface area contributed by atoms with Crippen molar-refractivity contribution in [2.24, 2.45) is 0 Å². The summed E-state index contributed by atoms with van der Waals surface area (Å²) in [7, 11) is 0. The van der Waals surface area contributed by atoms with Crippen LogP contribution < -0.4 is 9.47 Å². The number of amides is 1. The predicted molar refractivity (Wildman–Crippen MR) is 90.0 cm³/mol. The fourth-order valence-electron chi connectivity index (χ4n) is 2.88. The average molecular weight is 327 g/mol. The highest BCUT2D eigenvalue weighted by Gasteiger charge is 2.32. The molecular weight excluding hydrogens is 310 g/mol. The Morgan fingerprint density at radius 3 is 2.74 bits per heavy atom. The number of rotatable bonds is 2. The van der Waals surface area contributed by atoms with Gasteiger partial charge in [0.25, 0.3) is 5.91 Å². The number of thioether (sulfide) groups is 1. The van der Waals surface area contributed by atoms with Crippen molar-refractivity contribution in [1.29, 1.82) is 0 Å². The third-order valence-electron chi connectivity index (χ3n) is 4.13. The summed E-state index contributed by atoms with van der Waals surface area (Å²) in [6.07, 6.45) is 0. The summed E-state index contributed by atoms with van der Waals surface area (Å²) in [6.45, 7) is 3.05. The maximum absolute atomic E-state index is 12.8. The van der Waals surface area contributed by atoms with Crippen LogP contribution in [0.1, 0.15) is 26.9 Å². The van der Waals surface area contributed by atoms with E-state index in [-0.39, 0.29) is 18.1 Å². The zero-order valence-corrected chi connectivity index (χ0v) is 13.6. The number of nitrogens with zero attached hydrogens (tertiary/aromatic N) is 1. The van der Waals surface area contributed by atoms with Gasteiger partial charge in [-0.15, -0.1) is 11.8 Å². The van der Waals surface area contributed by atoms with Crippen LogP contribution in [0.4, 0.5) is 0 Å². The van der Waals surface area contributed by atoms with Crippen LogP contribution in [-0.2, 0) is 0 Å². The molecule has 1 amide bonds. The molecule has 1 unspecified atom stereocenters. The minimum Gasteiger partial charge on any atom is -0.454 e. The Morgan fingerprint density at radius 2 is 1.91 bits per heavy atom. The average Bonchev–Trinajstić information content (AvgIpc) is 3.23. The third-order valence-corrected chi connectivity index (χ3v) is 5.39. The summed E-state index contributed by atoms with van der Waals surface area (Å²) in [5, 5.41) is 0.0262. The first kappa shape index (κ1) is 14.5. The monoisotopic (exact) mass is 327 g/mol. The molecule has 2 aromatic rings. The van der Waals surface area contributed by atoms with Crippen molar-refractivity contribution in [1.82, 2.24) is 4.90 Å². The van der Waals surface area contributed by atoms with Gasteiger partial charge in [0, 0.05) is 17.9 Å². The molecule has 4 rings (SSSR count). The van der Waals surface area contributed by atoms with Crippen molar-refractivity contribution in [2.45, 2.75) is 12.3 Å². The molecule has 5 heteroatoms. The van der Waals surface area contributed by atoms with Gasteiger partial charge in [-0.25, -0.2) is 0 Å². The summed E-state index contributed by atoms with van der Waals surface area (Å²) in [5.74, 6) is 2.56. The summed E-state index contributed by atoms with van der Waals surface area (Å²) in [5.41, 5.74) is 2.98. The number of fused-ring (bicyclic) bond motifs is 1.